The molecule has 0 spiro atoms. The average Bonchev–Trinajstić information content (AvgIpc) is 2.90. The van der Waals surface area contributed by atoms with Gasteiger partial charge in [-0.15, -0.1) is 0 Å². The fraction of sp³-hybridized carbons (Fsp3) is 0.258. The van der Waals surface area contributed by atoms with E-state index in [0.29, 0.717) is 28.5 Å². The van der Waals surface area contributed by atoms with E-state index < -0.39 is 0 Å². The summed E-state index contributed by atoms with van der Waals surface area (Å²) in [4.78, 5) is 15.9. The SMILES string of the molecule is COc1cccc2c1c(OC)cc1c(=O)oc3c4c(ccc3c12)C[C@@H](C)N(Cc1ccccc1)[C@@H]4C. The molecule has 0 saturated heterocycles. The van der Waals surface area contributed by atoms with E-state index in [1.54, 1.807) is 20.3 Å². The topological polar surface area (TPSA) is 51.9 Å². The van der Waals surface area contributed by atoms with Gasteiger partial charge in [0.2, 0.25) is 0 Å². The van der Waals surface area contributed by atoms with Crippen LogP contribution < -0.4 is 15.1 Å². The second kappa shape index (κ2) is 8.68. The van der Waals surface area contributed by atoms with Crippen LogP contribution in [0.25, 0.3) is 32.5 Å². The van der Waals surface area contributed by atoms with Crippen molar-refractivity contribution in [3.05, 3.63) is 93.8 Å². The van der Waals surface area contributed by atoms with Crippen LogP contribution in [0.1, 0.15) is 36.6 Å². The Morgan fingerprint density at radius 1 is 0.861 bits per heavy atom. The van der Waals surface area contributed by atoms with Crippen molar-refractivity contribution in [2.24, 2.45) is 0 Å². The van der Waals surface area contributed by atoms with E-state index >= 15 is 0 Å². The zero-order valence-corrected chi connectivity index (χ0v) is 21.0. The van der Waals surface area contributed by atoms with Crippen LogP contribution >= 0.6 is 0 Å². The zero-order valence-electron chi connectivity index (χ0n) is 21.0. The van der Waals surface area contributed by atoms with Crippen molar-refractivity contribution in [3.63, 3.8) is 0 Å². The Balaban J connectivity index is 1.64. The molecule has 0 aliphatic carbocycles. The van der Waals surface area contributed by atoms with E-state index in [-0.39, 0.29) is 11.7 Å². The lowest BCUT2D eigenvalue weighted by atomic mass is 9.86. The third-order valence-corrected chi connectivity index (χ3v) is 7.70. The predicted octanol–water partition coefficient (Wildman–Crippen LogP) is 6.62. The lowest BCUT2D eigenvalue weighted by molar-refractivity contribution is 0.129. The minimum atomic E-state index is -0.352. The molecule has 4 aromatic carbocycles. The number of hydrogen-bond acceptors (Lipinski definition) is 5. The molecule has 1 aromatic heterocycles. The van der Waals surface area contributed by atoms with Crippen molar-refractivity contribution in [2.45, 2.75) is 38.9 Å². The van der Waals surface area contributed by atoms with E-state index in [2.05, 4.69) is 55.1 Å². The van der Waals surface area contributed by atoms with Gasteiger partial charge in [0, 0.05) is 35.0 Å². The molecule has 5 nitrogen and oxygen atoms in total. The van der Waals surface area contributed by atoms with Gasteiger partial charge in [-0.25, -0.2) is 4.79 Å². The number of hydrogen-bond donors (Lipinski definition) is 0. The van der Waals surface area contributed by atoms with Gasteiger partial charge in [0.15, 0.2) is 0 Å². The van der Waals surface area contributed by atoms with Crippen LogP contribution in [0.4, 0.5) is 0 Å². The summed E-state index contributed by atoms with van der Waals surface area (Å²) in [6.45, 7) is 5.33. The summed E-state index contributed by atoms with van der Waals surface area (Å²) in [7, 11) is 3.26. The van der Waals surface area contributed by atoms with Crippen LogP contribution in [0, 0.1) is 0 Å². The standard InChI is InChI=1S/C31H29NO4/c1-18-15-21-13-14-23-28-22-11-8-12-25(34-3)29(22)26(35-4)16-24(28)31(33)36-30(23)27(21)19(2)32(18)17-20-9-6-5-7-10-20/h5-14,16,18-19H,15,17H2,1-4H3/t18-,19-/m1/s1. The summed E-state index contributed by atoms with van der Waals surface area (Å²) in [6, 6.07) is 23.0. The van der Waals surface area contributed by atoms with Gasteiger partial charge < -0.3 is 13.9 Å². The number of methoxy groups -OCH3 is 2. The number of rotatable bonds is 4. The number of benzene rings is 4. The molecular formula is C31H29NO4. The first-order valence-electron chi connectivity index (χ1n) is 12.4. The Kier molecular flexibility index (Phi) is 5.45. The van der Waals surface area contributed by atoms with Crippen LogP contribution in [0.5, 0.6) is 11.5 Å². The van der Waals surface area contributed by atoms with E-state index in [1.807, 2.05) is 24.3 Å². The van der Waals surface area contributed by atoms with Gasteiger partial charge in [-0.05, 0) is 48.9 Å². The first-order chi connectivity index (χ1) is 17.5. The quantitative estimate of drug-likeness (QED) is 0.214. The van der Waals surface area contributed by atoms with Gasteiger partial charge in [0.05, 0.1) is 25.0 Å². The largest absolute Gasteiger partial charge is 0.496 e. The molecule has 0 unspecified atom stereocenters. The second-order valence-electron chi connectivity index (χ2n) is 9.68. The smallest absolute Gasteiger partial charge is 0.344 e. The fourth-order valence-corrected chi connectivity index (χ4v) is 6.00. The van der Waals surface area contributed by atoms with Crippen molar-refractivity contribution in [1.82, 2.24) is 4.90 Å². The lowest BCUT2D eigenvalue weighted by Gasteiger charge is -2.40. The van der Waals surface area contributed by atoms with E-state index in [4.69, 9.17) is 13.9 Å². The van der Waals surface area contributed by atoms with Crippen molar-refractivity contribution >= 4 is 32.5 Å². The van der Waals surface area contributed by atoms with Crippen molar-refractivity contribution in [3.8, 4) is 11.5 Å². The molecule has 0 radical (unpaired) electrons. The fourth-order valence-electron chi connectivity index (χ4n) is 6.00. The number of fused-ring (bicyclic) bond motifs is 7. The Bertz CT molecular complexity index is 1670. The molecule has 5 aromatic rings. The Hall–Kier alpha value is -3.83. The molecule has 0 saturated carbocycles. The van der Waals surface area contributed by atoms with Gasteiger partial charge in [0.25, 0.3) is 0 Å². The first kappa shape index (κ1) is 22.6. The van der Waals surface area contributed by atoms with Crippen molar-refractivity contribution < 1.29 is 13.9 Å². The normalized spacial score (nSPS) is 18.0. The van der Waals surface area contributed by atoms with Crippen LogP contribution in [0.3, 0.4) is 0 Å². The maximum absolute atomic E-state index is 13.4. The van der Waals surface area contributed by atoms with Gasteiger partial charge in [-0.3, -0.25) is 4.90 Å². The molecule has 1 aliphatic rings. The second-order valence-corrected chi connectivity index (χ2v) is 9.68. The summed E-state index contributed by atoms with van der Waals surface area (Å²) >= 11 is 0. The van der Waals surface area contributed by atoms with Crippen LogP contribution in [0.15, 0.2) is 75.9 Å². The molecule has 0 amide bonds. The number of ether oxygens (including phenoxy) is 2. The molecule has 0 bridgehead atoms. The third kappa shape index (κ3) is 3.38. The molecule has 6 rings (SSSR count). The molecule has 2 atom stereocenters. The van der Waals surface area contributed by atoms with Crippen molar-refractivity contribution in [2.75, 3.05) is 14.2 Å². The maximum atomic E-state index is 13.4. The van der Waals surface area contributed by atoms with E-state index in [0.717, 1.165) is 40.1 Å². The first-order valence-corrected chi connectivity index (χ1v) is 12.4. The molecule has 182 valence electrons. The zero-order chi connectivity index (χ0) is 25.0. The molecule has 2 heterocycles. The van der Waals surface area contributed by atoms with Crippen LogP contribution in [-0.4, -0.2) is 25.2 Å². The maximum Gasteiger partial charge on any atom is 0.344 e. The Morgan fingerprint density at radius 2 is 1.64 bits per heavy atom. The number of nitrogens with zero attached hydrogens (tertiary/aromatic N) is 1. The van der Waals surface area contributed by atoms with Gasteiger partial charge in [-0.1, -0.05) is 54.6 Å². The summed E-state index contributed by atoms with van der Waals surface area (Å²) < 4.78 is 17.4. The van der Waals surface area contributed by atoms with Crippen LogP contribution in [-0.2, 0) is 13.0 Å². The highest BCUT2D eigenvalue weighted by Crippen LogP contribution is 2.44. The van der Waals surface area contributed by atoms with Gasteiger partial charge >= 0.3 is 5.63 Å². The molecular weight excluding hydrogens is 450 g/mol. The lowest BCUT2D eigenvalue weighted by Crippen LogP contribution is -2.40. The third-order valence-electron chi connectivity index (χ3n) is 7.70. The Morgan fingerprint density at radius 3 is 2.39 bits per heavy atom. The molecule has 36 heavy (non-hydrogen) atoms. The Labute approximate surface area is 209 Å². The van der Waals surface area contributed by atoms with Gasteiger partial charge in [-0.2, -0.15) is 0 Å². The predicted molar refractivity (Wildman–Crippen MR) is 144 cm³/mol. The van der Waals surface area contributed by atoms with E-state index in [9.17, 15) is 4.79 Å². The molecule has 5 heteroatoms. The molecule has 0 fully saturated rings. The highest BCUT2D eigenvalue weighted by Gasteiger charge is 2.32. The highest BCUT2D eigenvalue weighted by molar-refractivity contribution is 6.21. The molecule has 1 aliphatic heterocycles. The minimum Gasteiger partial charge on any atom is -0.496 e. The summed E-state index contributed by atoms with van der Waals surface area (Å²) in [5, 5.41) is 4.09. The van der Waals surface area contributed by atoms with Crippen LogP contribution in [0.2, 0.25) is 0 Å². The van der Waals surface area contributed by atoms with E-state index in [1.165, 1.54) is 11.1 Å². The minimum absolute atomic E-state index is 0.0901. The average molecular weight is 480 g/mol. The monoisotopic (exact) mass is 479 g/mol. The summed E-state index contributed by atoms with van der Waals surface area (Å²) in [6.07, 6.45) is 0.904. The molecule has 0 N–H and O–H groups in total. The highest BCUT2D eigenvalue weighted by atomic mass is 16.5. The van der Waals surface area contributed by atoms with Gasteiger partial charge in [0.1, 0.15) is 17.1 Å². The summed E-state index contributed by atoms with van der Waals surface area (Å²) in [5.74, 6) is 1.30. The summed E-state index contributed by atoms with van der Waals surface area (Å²) in [5.41, 5.74) is 3.94. The van der Waals surface area contributed by atoms with Crippen molar-refractivity contribution in [1.29, 1.82) is 0 Å².